The van der Waals surface area contributed by atoms with Crippen LogP contribution in [-0.2, 0) is 16.3 Å². The Morgan fingerprint density at radius 1 is 1.17 bits per heavy atom. The molecule has 0 radical (unpaired) electrons. The molecule has 6 nitrogen and oxygen atoms in total. The SMILES string of the molecule is C[C@@H](Sc1ccccc1)C(=O)OCn1nnc2ccccc2c1=O. The van der Waals surface area contributed by atoms with E-state index in [2.05, 4.69) is 10.3 Å². The summed E-state index contributed by atoms with van der Waals surface area (Å²) in [5.41, 5.74) is 0.176. The molecule has 1 heterocycles. The van der Waals surface area contributed by atoms with Crippen molar-refractivity contribution in [1.82, 2.24) is 15.0 Å². The minimum Gasteiger partial charge on any atom is -0.441 e. The lowest BCUT2D eigenvalue weighted by molar-refractivity contribution is -0.147. The lowest BCUT2D eigenvalue weighted by Crippen LogP contribution is -2.28. The normalized spacial score (nSPS) is 12.0. The van der Waals surface area contributed by atoms with Gasteiger partial charge in [-0.25, -0.2) is 0 Å². The lowest BCUT2D eigenvalue weighted by Gasteiger charge is -2.11. The van der Waals surface area contributed by atoms with Gasteiger partial charge in [0.1, 0.15) is 10.8 Å². The molecule has 0 bridgehead atoms. The average molecular weight is 341 g/mol. The van der Waals surface area contributed by atoms with E-state index in [9.17, 15) is 9.59 Å². The van der Waals surface area contributed by atoms with E-state index in [-0.39, 0.29) is 12.3 Å². The highest BCUT2D eigenvalue weighted by Crippen LogP contribution is 2.23. The number of fused-ring (bicyclic) bond motifs is 1. The third kappa shape index (κ3) is 3.62. The summed E-state index contributed by atoms with van der Waals surface area (Å²) in [6.45, 7) is 1.50. The highest BCUT2D eigenvalue weighted by Gasteiger charge is 2.16. The van der Waals surface area contributed by atoms with Crippen molar-refractivity contribution < 1.29 is 9.53 Å². The number of aromatic nitrogens is 3. The molecule has 3 aromatic rings. The van der Waals surface area contributed by atoms with Crippen molar-refractivity contribution in [2.24, 2.45) is 0 Å². The zero-order valence-electron chi connectivity index (χ0n) is 13.0. The van der Waals surface area contributed by atoms with Gasteiger partial charge in [-0.1, -0.05) is 35.5 Å². The van der Waals surface area contributed by atoms with Gasteiger partial charge in [0.2, 0.25) is 0 Å². The molecule has 7 heteroatoms. The Kier molecular flexibility index (Phi) is 4.90. The van der Waals surface area contributed by atoms with Crippen molar-refractivity contribution in [2.75, 3.05) is 0 Å². The number of esters is 1. The van der Waals surface area contributed by atoms with Crippen molar-refractivity contribution >= 4 is 28.6 Å². The Labute approximate surface area is 142 Å². The molecule has 0 saturated carbocycles. The maximum atomic E-state index is 12.3. The maximum Gasteiger partial charge on any atom is 0.320 e. The predicted octanol–water partition coefficient (Wildman–Crippen LogP) is 2.47. The van der Waals surface area contributed by atoms with Gasteiger partial charge in [0.15, 0.2) is 6.73 Å². The fourth-order valence-electron chi connectivity index (χ4n) is 2.10. The summed E-state index contributed by atoms with van der Waals surface area (Å²) in [6.07, 6.45) is 0. The number of hydrogen-bond acceptors (Lipinski definition) is 6. The fourth-order valence-corrected chi connectivity index (χ4v) is 2.99. The Morgan fingerprint density at radius 3 is 2.67 bits per heavy atom. The Balaban J connectivity index is 1.66. The molecule has 0 aliphatic carbocycles. The van der Waals surface area contributed by atoms with Crippen molar-refractivity contribution in [3.8, 4) is 0 Å². The van der Waals surface area contributed by atoms with E-state index < -0.39 is 11.2 Å². The first-order valence-electron chi connectivity index (χ1n) is 7.36. The Morgan fingerprint density at radius 2 is 1.88 bits per heavy atom. The molecule has 24 heavy (non-hydrogen) atoms. The van der Waals surface area contributed by atoms with Crippen LogP contribution in [0.1, 0.15) is 6.92 Å². The van der Waals surface area contributed by atoms with Crippen LogP contribution in [0.25, 0.3) is 10.9 Å². The molecule has 1 aromatic heterocycles. The van der Waals surface area contributed by atoms with E-state index in [1.165, 1.54) is 11.8 Å². The van der Waals surface area contributed by atoms with E-state index in [0.29, 0.717) is 10.9 Å². The van der Waals surface area contributed by atoms with E-state index >= 15 is 0 Å². The number of nitrogens with zero attached hydrogens (tertiary/aromatic N) is 3. The molecule has 0 spiro atoms. The summed E-state index contributed by atoms with van der Waals surface area (Å²) in [5, 5.41) is 7.79. The summed E-state index contributed by atoms with van der Waals surface area (Å²) >= 11 is 1.40. The molecular formula is C17H15N3O3S. The van der Waals surface area contributed by atoms with Gasteiger partial charge in [-0.05, 0) is 31.2 Å². The standard InChI is InChI=1S/C17H15N3O3S/c1-12(24-13-7-3-2-4-8-13)17(22)23-11-20-16(21)14-9-5-6-10-15(14)18-19-20/h2-10,12H,11H2,1H3/t12-/m1/s1. The lowest BCUT2D eigenvalue weighted by atomic mass is 10.2. The molecule has 0 unspecified atom stereocenters. The van der Waals surface area contributed by atoms with E-state index in [1.54, 1.807) is 31.2 Å². The largest absolute Gasteiger partial charge is 0.441 e. The van der Waals surface area contributed by atoms with Crippen LogP contribution in [0.3, 0.4) is 0 Å². The number of carbonyl (C=O) groups excluding carboxylic acids is 1. The van der Waals surface area contributed by atoms with Crippen LogP contribution in [-0.4, -0.2) is 26.2 Å². The first-order chi connectivity index (χ1) is 11.6. The molecule has 0 aliphatic heterocycles. The Bertz CT molecular complexity index is 912. The van der Waals surface area contributed by atoms with Crippen molar-refractivity contribution in [3.63, 3.8) is 0 Å². The zero-order chi connectivity index (χ0) is 16.9. The fraction of sp³-hybridized carbons (Fsp3) is 0.176. The predicted molar refractivity (Wildman–Crippen MR) is 91.7 cm³/mol. The Hall–Kier alpha value is -2.67. The van der Waals surface area contributed by atoms with Gasteiger partial charge in [0.25, 0.3) is 5.56 Å². The molecule has 0 saturated heterocycles. The van der Waals surface area contributed by atoms with Gasteiger partial charge in [0.05, 0.1) is 5.39 Å². The average Bonchev–Trinajstić information content (AvgIpc) is 2.62. The summed E-state index contributed by atoms with van der Waals surface area (Å²) in [7, 11) is 0. The smallest absolute Gasteiger partial charge is 0.320 e. The summed E-state index contributed by atoms with van der Waals surface area (Å²) < 4.78 is 6.23. The molecule has 1 atom stereocenters. The second-order valence-corrected chi connectivity index (χ2v) is 6.49. The topological polar surface area (TPSA) is 74.1 Å². The van der Waals surface area contributed by atoms with E-state index in [0.717, 1.165) is 9.58 Å². The number of benzene rings is 2. The highest BCUT2D eigenvalue weighted by atomic mass is 32.2. The molecule has 122 valence electrons. The molecule has 2 aromatic carbocycles. The third-order valence-corrected chi connectivity index (χ3v) is 4.44. The van der Waals surface area contributed by atoms with Crippen LogP contribution in [0.4, 0.5) is 0 Å². The van der Waals surface area contributed by atoms with Gasteiger partial charge in [0, 0.05) is 4.90 Å². The molecule has 0 fully saturated rings. The highest BCUT2D eigenvalue weighted by molar-refractivity contribution is 8.00. The van der Waals surface area contributed by atoms with Crippen LogP contribution < -0.4 is 5.56 Å². The first-order valence-corrected chi connectivity index (χ1v) is 8.24. The molecule has 0 aliphatic rings. The molecular weight excluding hydrogens is 326 g/mol. The van der Waals surface area contributed by atoms with Gasteiger partial charge in [-0.2, -0.15) is 4.68 Å². The molecule has 3 rings (SSSR count). The minimum atomic E-state index is -0.411. The van der Waals surface area contributed by atoms with Gasteiger partial charge < -0.3 is 4.74 Å². The van der Waals surface area contributed by atoms with E-state index in [4.69, 9.17) is 4.74 Å². The van der Waals surface area contributed by atoms with Crippen molar-refractivity contribution in [3.05, 3.63) is 65.0 Å². The second kappa shape index (κ2) is 7.27. The van der Waals surface area contributed by atoms with Crippen LogP contribution in [0.5, 0.6) is 0 Å². The van der Waals surface area contributed by atoms with Crippen LogP contribution in [0, 0.1) is 0 Å². The molecule has 0 N–H and O–H groups in total. The van der Waals surface area contributed by atoms with Crippen LogP contribution in [0.2, 0.25) is 0 Å². The molecule has 0 amide bonds. The monoisotopic (exact) mass is 341 g/mol. The number of rotatable bonds is 5. The number of hydrogen-bond donors (Lipinski definition) is 0. The van der Waals surface area contributed by atoms with Crippen molar-refractivity contribution in [2.45, 2.75) is 23.8 Å². The van der Waals surface area contributed by atoms with Gasteiger partial charge >= 0.3 is 5.97 Å². The summed E-state index contributed by atoms with van der Waals surface area (Å²) in [6, 6.07) is 16.5. The number of thioether (sulfide) groups is 1. The number of ether oxygens (including phenoxy) is 1. The van der Waals surface area contributed by atoms with Crippen LogP contribution in [0.15, 0.2) is 64.3 Å². The number of carbonyl (C=O) groups is 1. The zero-order valence-corrected chi connectivity index (χ0v) is 13.8. The first kappa shape index (κ1) is 16.2. The summed E-state index contributed by atoms with van der Waals surface area (Å²) in [4.78, 5) is 25.3. The van der Waals surface area contributed by atoms with Gasteiger partial charge in [-0.15, -0.1) is 16.9 Å². The van der Waals surface area contributed by atoms with Crippen LogP contribution >= 0.6 is 11.8 Å². The quantitative estimate of drug-likeness (QED) is 0.524. The van der Waals surface area contributed by atoms with Gasteiger partial charge in [-0.3, -0.25) is 9.59 Å². The van der Waals surface area contributed by atoms with Crippen molar-refractivity contribution in [1.29, 1.82) is 0 Å². The van der Waals surface area contributed by atoms with E-state index in [1.807, 2.05) is 30.3 Å². The summed E-state index contributed by atoms with van der Waals surface area (Å²) in [5.74, 6) is -0.411. The maximum absolute atomic E-state index is 12.3. The third-order valence-electron chi connectivity index (χ3n) is 3.35. The second-order valence-electron chi connectivity index (χ2n) is 5.08. The minimum absolute atomic E-state index is 0.255.